The van der Waals surface area contributed by atoms with Crippen molar-refractivity contribution < 1.29 is 0 Å². The van der Waals surface area contributed by atoms with E-state index in [0.29, 0.717) is 26.7 Å². The van der Waals surface area contributed by atoms with Crippen molar-refractivity contribution in [1.82, 2.24) is 4.98 Å². The van der Waals surface area contributed by atoms with Crippen LogP contribution in [-0.4, -0.2) is 10.1 Å². The molecule has 3 nitrogen and oxygen atoms in total. The van der Waals surface area contributed by atoms with Gasteiger partial charge < -0.3 is 10.6 Å². The Kier molecular flexibility index (Phi) is 4.58. The van der Waals surface area contributed by atoms with E-state index in [0.717, 1.165) is 5.56 Å². The van der Waals surface area contributed by atoms with Gasteiger partial charge in [-0.25, -0.2) is 4.98 Å². The van der Waals surface area contributed by atoms with Gasteiger partial charge in [-0.15, -0.1) is 0 Å². The fourth-order valence-corrected chi connectivity index (χ4v) is 2.04. The summed E-state index contributed by atoms with van der Waals surface area (Å²) < 4.78 is 0. The first kappa shape index (κ1) is 14.1. The Morgan fingerprint density at radius 1 is 1.21 bits per heavy atom. The number of nitrogens with zero attached hydrogens (tertiary/aromatic N) is 1. The van der Waals surface area contributed by atoms with Gasteiger partial charge in [0.15, 0.2) is 5.11 Å². The summed E-state index contributed by atoms with van der Waals surface area (Å²) in [6, 6.07) is 9.12. The number of halogens is 2. The van der Waals surface area contributed by atoms with Crippen LogP contribution >= 0.6 is 35.4 Å². The molecule has 1 heterocycles. The number of hydrogen-bond acceptors (Lipinski definition) is 2. The summed E-state index contributed by atoms with van der Waals surface area (Å²) in [6.45, 7) is 1.98. The standard InChI is InChI=1S/C13H11Cl2N3S/c1-8-5-6-16-11(7-8)18-13(19)17-10-4-2-3-9(14)12(10)15/h2-7H,1H3,(H2,16,17,18,19). The molecule has 0 bridgehead atoms. The van der Waals surface area contributed by atoms with E-state index in [1.165, 1.54) is 0 Å². The number of pyridine rings is 1. The zero-order chi connectivity index (χ0) is 13.8. The van der Waals surface area contributed by atoms with Gasteiger partial charge in [0.2, 0.25) is 0 Å². The van der Waals surface area contributed by atoms with Gasteiger partial charge in [0.05, 0.1) is 15.7 Å². The second kappa shape index (κ2) is 6.19. The van der Waals surface area contributed by atoms with Crippen LogP contribution < -0.4 is 10.6 Å². The summed E-state index contributed by atoms with van der Waals surface area (Å²) in [5.74, 6) is 0.677. The van der Waals surface area contributed by atoms with Gasteiger partial charge >= 0.3 is 0 Å². The molecule has 0 saturated heterocycles. The second-order valence-electron chi connectivity index (χ2n) is 3.90. The predicted molar refractivity (Wildman–Crippen MR) is 85.3 cm³/mol. The number of anilines is 2. The number of benzene rings is 1. The predicted octanol–water partition coefficient (Wildman–Crippen LogP) is 4.51. The van der Waals surface area contributed by atoms with E-state index in [2.05, 4.69) is 15.6 Å². The number of aryl methyl sites for hydroxylation is 1. The number of rotatable bonds is 2. The highest BCUT2D eigenvalue weighted by Crippen LogP contribution is 2.29. The van der Waals surface area contributed by atoms with Crippen LogP contribution in [0.5, 0.6) is 0 Å². The van der Waals surface area contributed by atoms with Crippen LogP contribution in [0.1, 0.15) is 5.56 Å². The highest BCUT2D eigenvalue weighted by Gasteiger charge is 2.06. The molecule has 0 aliphatic rings. The molecule has 1 aromatic carbocycles. The molecule has 0 radical (unpaired) electrons. The van der Waals surface area contributed by atoms with Gasteiger partial charge in [0.1, 0.15) is 5.82 Å². The Labute approximate surface area is 127 Å². The molecule has 0 saturated carbocycles. The molecule has 6 heteroatoms. The lowest BCUT2D eigenvalue weighted by atomic mass is 10.3. The molecule has 0 unspecified atom stereocenters. The number of aromatic nitrogens is 1. The summed E-state index contributed by atoms with van der Waals surface area (Å²) in [5, 5.41) is 7.28. The monoisotopic (exact) mass is 311 g/mol. The van der Waals surface area contributed by atoms with Crippen LogP contribution in [0.2, 0.25) is 10.0 Å². The van der Waals surface area contributed by atoms with E-state index >= 15 is 0 Å². The molecule has 0 aliphatic carbocycles. The Hall–Kier alpha value is -1.36. The van der Waals surface area contributed by atoms with Crippen molar-refractivity contribution in [2.24, 2.45) is 0 Å². The third-order valence-corrected chi connectivity index (χ3v) is 3.38. The van der Waals surface area contributed by atoms with Gasteiger partial charge in [-0.2, -0.15) is 0 Å². The fraction of sp³-hybridized carbons (Fsp3) is 0.0769. The lowest BCUT2D eigenvalue weighted by molar-refractivity contribution is 1.28. The van der Waals surface area contributed by atoms with Crippen LogP contribution in [0.25, 0.3) is 0 Å². The van der Waals surface area contributed by atoms with Crippen molar-refractivity contribution in [3.05, 3.63) is 52.1 Å². The van der Waals surface area contributed by atoms with Crippen molar-refractivity contribution in [2.45, 2.75) is 6.92 Å². The normalized spacial score (nSPS) is 10.1. The van der Waals surface area contributed by atoms with E-state index in [-0.39, 0.29) is 0 Å². The highest BCUT2D eigenvalue weighted by atomic mass is 35.5. The van der Waals surface area contributed by atoms with Gasteiger partial charge in [0.25, 0.3) is 0 Å². The molecular formula is C13H11Cl2N3S. The quantitative estimate of drug-likeness (QED) is 0.800. The SMILES string of the molecule is Cc1ccnc(NC(=S)Nc2cccc(Cl)c2Cl)c1. The van der Waals surface area contributed by atoms with E-state index < -0.39 is 0 Å². The Bertz CT molecular complexity index is 617. The molecule has 2 N–H and O–H groups in total. The third kappa shape index (κ3) is 3.80. The first-order chi connectivity index (χ1) is 9.06. The zero-order valence-corrected chi connectivity index (χ0v) is 12.4. The van der Waals surface area contributed by atoms with Crippen molar-refractivity contribution in [3.8, 4) is 0 Å². The molecule has 0 amide bonds. The van der Waals surface area contributed by atoms with E-state index in [1.54, 1.807) is 24.4 Å². The summed E-state index contributed by atoms with van der Waals surface area (Å²) in [6.07, 6.45) is 1.71. The Morgan fingerprint density at radius 3 is 2.74 bits per heavy atom. The minimum atomic E-state index is 0.405. The summed E-state index contributed by atoms with van der Waals surface area (Å²) in [7, 11) is 0. The highest BCUT2D eigenvalue weighted by molar-refractivity contribution is 7.80. The molecule has 0 aliphatic heterocycles. The summed E-state index contributed by atoms with van der Waals surface area (Å²) >= 11 is 17.2. The van der Waals surface area contributed by atoms with Crippen LogP contribution in [-0.2, 0) is 0 Å². The third-order valence-electron chi connectivity index (χ3n) is 2.36. The minimum Gasteiger partial charge on any atom is -0.331 e. The van der Waals surface area contributed by atoms with Crippen molar-refractivity contribution in [3.63, 3.8) is 0 Å². The summed E-state index contributed by atoms with van der Waals surface area (Å²) in [4.78, 5) is 4.16. The first-order valence-electron chi connectivity index (χ1n) is 5.51. The average molecular weight is 312 g/mol. The molecule has 0 atom stereocenters. The van der Waals surface area contributed by atoms with Crippen LogP contribution in [0, 0.1) is 6.92 Å². The summed E-state index contributed by atoms with van der Waals surface area (Å²) in [5.41, 5.74) is 1.75. The van der Waals surface area contributed by atoms with Gasteiger partial charge in [-0.05, 0) is 49.0 Å². The maximum Gasteiger partial charge on any atom is 0.176 e. The minimum absolute atomic E-state index is 0.405. The molecule has 98 valence electrons. The van der Waals surface area contributed by atoms with E-state index in [9.17, 15) is 0 Å². The van der Waals surface area contributed by atoms with Crippen molar-refractivity contribution in [2.75, 3.05) is 10.6 Å². The van der Waals surface area contributed by atoms with Crippen molar-refractivity contribution in [1.29, 1.82) is 0 Å². The van der Waals surface area contributed by atoms with Gasteiger partial charge in [0, 0.05) is 6.20 Å². The first-order valence-corrected chi connectivity index (χ1v) is 6.67. The molecule has 2 aromatic rings. The molecular weight excluding hydrogens is 301 g/mol. The maximum absolute atomic E-state index is 6.07. The maximum atomic E-state index is 6.07. The van der Waals surface area contributed by atoms with Crippen LogP contribution in [0.4, 0.5) is 11.5 Å². The smallest absolute Gasteiger partial charge is 0.176 e. The Balaban J connectivity index is 2.08. The number of thiocarbonyl (C=S) groups is 1. The fourth-order valence-electron chi connectivity index (χ4n) is 1.47. The molecule has 1 aromatic heterocycles. The van der Waals surface area contributed by atoms with Crippen LogP contribution in [0.3, 0.4) is 0 Å². The van der Waals surface area contributed by atoms with Gasteiger partial charge in [-0.3, -0.25) is 0 Å². The Morgan fingerprint density at radius 2 is 2.00 bits per heavy atom. The topological polar surface area (TPSA) is 37.0 Å². The zero-order valence-electron chi connectivity index (χ0n) is 10.1. The molecule has 0 spiro atoms. The van der Waals surface area contributed by atoms with Crippen LogP contribution in [0.15, 0.2) is 36.5 Å². The number of nitrogens with one attached hydrogen (secondary N) is 2. The largest absolute Gasteiger partial charge is 0.331 e. The lowest BCUT2D eigenvalue weighted by Crippen LogP contribution is -2.20. The molecule has 19 heavy (non-hydrogen) atoms. The van der Waals surface area contributed by atoms with E-state index in [1.807, 2.05) is 19.1 Å². The average Bonchev–Trinajstić information content (AvgIpc) is 2.35. The second-order valence-corrected chi connectivity index (χ2v) is 5.09. The van der Waals surface area contributed by atoms with Crippen molar-refractivity contribution >= 4 is 52.0 Å². The van der Waals surface area contributed by atoms with Gasteiger partial charge in [-0.1, -0.05) is 29.3 Å². The number of hydrogen-bond donors (Lipinski definition) is 2. The lowest BCUT2D eigenvalue weighted by Gasteiger charge is -2.11. The molecule has 2 rings (SSSR count). The van der Waals surface area contributed by atoms with E-state index in [4.69, 9.17) is 35.4 Å². The molecule has 0 fully saturated rings.